The van der Waals surface area contributed by atoms with E-state index in [4.69, 9.17) is 10.8 Å². The zero-order chi connectivity index (χ0) is 9.84. The zero-order valence-corrected chi connectivity index (χ0v) is 6.88. The molecule has 1 unspecified atom stereocenters. The van der Waals surface area contributed by atoms with E-state index in [0.717, 1.165) is 0 Å². The van der Waals surface area contributed by atoms with Crippen LogP contribution in [0.4, 0.5) is 5.69 Å². The molecule has 1 atom stereocenters. The van der Waals surface area contributed by atoms with Gasteiger partial charge in [0.2, 0.25) is 0 Å². The third-order valence-electron chi connectivity index (χ3n) is 1.73. The van der Waals surface area contributed by atoms with Crippen molar-refractivity contribution in [3.63, 3.8) is 0 Å². The summed E-state index contributed by atoms with van der Waals surface area (Å²) in [5.74, 6) is 0. The Morgan fingerprint density at radius 3 is 2.69 bits per heavy atom. The minimum Gasteiger partial charge on any atom is -0.394 e. The number of hydrogen-bond acceptors (Lipinski definition) is 4. The van der Waals surface area contributed by atoms with Gasteiger partial charge in [-0.1, -0.05) is 18.2 Å². The van der Waals surface area contributed by atoms with Crippen LogP contribution in [-0.4, -0.2) is 16.6 Å². The lowest BCUT2D eigenvalue weighted by atomic mass is 10.1. The van der Waals surface area contributed by atoms with Crippen molar-refractivity contribution in [1.29, 1.82) is 0 Å². The molecule has 0 heterocycles. The van der Waals surface area contributed by atoms with Gasteiger partial charge in [0.25, 0.3) is 5.69 Å². The van der Waals surface area contributed by atoms with Gasteiger partial charge in [-0.15, -0.1) is 0 Å². The van der Waals surface area contributed by atoms with Crippen molar-refractivity contribution < 1.29 is 10.0 Å². The highest BCUT2D eigenvalue weighted by Gasteiger charge is 2.17. The van der Waals surface area contributed by atoms with Gasteiger partial charge in [0.1, 0.15) is 0 Å². The maximum atomic E-state index is 10.5. The van der Waals surface area contributed by atoms with E-state index in [-0.39, 0.29) is 12.3 Å². The van der Waals surface area contributed by atoms with Crippen LogP contribution in [0.1, 0.15) is 11.6 Å². The van der Waals surface area contributed by atoms with Crippen molar-refractivity contribution in [1.82, 2.24) is 0 Å². The average molecular weight is 182 g/mol. The number of aliphatic hydroxyl groups excluding tert-OH is 1. The van der Waals surface area contributed by atoms with Gasteiger partial charge >= 0.3 is 0 Å². The Morgan fingerprint density at radius 2 is 2.15 bits per heavy atom. The summed E-state index contributed by atoms with van der Waals surface area (Å²) in [7, 11) is 0. The van der Waals surface area contributed by atoms with Gasteiger partial charge in [-0.05, 0) is 0 Å². The van der Waals surface area contributed by atoms with Crippen LogP contribution in [0, 0.1) is 10.1 Å². The molecule has 0 aromatic heterocycles. The third kappa shape index (κ3) is 2.01. The smallest absolute Gasteiger partial charge is 0.274 e. The van der Waals surface area contributed by atoms with Gasteiger partial charge in [0.05, 0.1) is 17.6 Å². The Morgan fingerprint density at radius 1 is 1.54 bits per heavy atom. The first-order valence-electron chi connectivity index (χ1n) is 3.76. The number of para-hydroxylation sites is 1. The predicted molar refractivity (Wildman–Crippen MR) is 47.1 cm³/mol. The average Bonchev–Trinajstić information content (AvgIpc) is 2.16. The summed E-state index contributed by atoms with van der Waals surface area (Å²) in [5, 5.41) is 19.3. The van der Waals surface area contributed by atoms with Crippen molar-refractivity contribution in [2.75, 3.05) is 6.61 Å². The Bertz CT molecular complexity index is 314. The first kappa shape index (κ1) is 9.63. The van der Waals surface area contributed by atoms with Gasteiger partial charge in [-0.25, -0.2) is 0 Å². The molecule has 13 heavy (non-hydrogen) atoms. The van der Waals surface area contributed by atoms with E-state index in [1.54, 1.807) is 18.2 Å². The summed E-state index contributed by atoms with van der Waals surface area (Å²) in [6.45, 7) is -0.301. The number of nitro benzene ring substituents is 1. The largest absolute Gasteiger partial charge is 0.394 e. The number of rotatable bonds is 3. The minimum absolute atomic E-state index is 0.0518. The molecule has 0 radical (unpaired) electrons. The van der Waals surface area contributed by atoms with Crippen molar-refractivity contribution in [3.8, 4) is 0 Å². The monoisotopic (exact) mass is 182 g/mol. The number of nitrogens with two attached hydrogens (primary N) is 1. The lowest BCUT2D eigenvalue weighted by molar-refractivity contribution is -0.385. The third-order valence-corrected chi connectivity index (χ3v) is 1.73. The van der Waals surface area contributed by atoms with Crippen molar-refractivity contribution in [3.05, 3.63) is 39.9 Å². The molecule has 0 aliphatic carbocycles. The standard InChI is InChI=1S/C8H10N2O3/c9-7(5-11)6-3-1-2-4-8(6)10(12)13/h1-4,7,11H,5,9H2. The maximum Gasteiger partial charge on any atom is 0.274 e. The lowest BCUT2D eigenvalue weighted by Gasteiger charge is -2.07. The Hall–Kier alpha value is -1.46. The molecule has 0 fully saturated rings. The quantitative estimate of drug-likeness (QED) is 0.528. The summed E-state index contributed by atoms with van der Waals surface area (Å²) in [4.78, 5) is 10.0. The second-order valence-electron chi connectivity index (χ2n) is 2.60. The summed E-state index contributed by atoms with van der Waals surface area (Å²) in [5.41, 5.74) is 5.78. The van der Waals surface area contributed by atoms with Crippen molar-refractivity contribution >= 4 is 5.69 Å². The number of hydrogen-bond donors (Lipinski definition) is 2. The first-order chi connectivity index (χ1) is 6.16. The highest BCUT2D eigenvalue weighted by molar-refractivity contribution is 5.41. The lowest BCUT2D eigenvalue weighted by Crippen LogP contribution is -2.15. The van der Waals surface area contributed by atoms with Gasteiger partial charge in [0, 0.05) is 11.6 Å². The van der Waals surface area contributed by atoms with Crippen LogP contribution in [0.25, 0.3) is 0 Å². The summed E-state index contributed by atoms with van der Waals surface area (Å²) in [6.07, 6.45) is 0. The summed E-state index contributed by atoms with van der Waals surface area (Å²) < 4.78 is 0. The highest BCUT2D eigenvalue weighted by Crippen LogP contribution is 2.22. The highest BCUT2D eigenvalue weighted by atomic mass is 16.6. The molecular weight excluding hydrogens is 172 g/mol. The number of benzene rings is 1. The minimum atomic E-state index is -0.693. The molecule has 5 heteroatoms. The fourth-order valence-corrected chi connectivity index (χ4v) is 1.07. The molecule has 1 rings (SSSR count). The molecule has 1 aromatic rings. The van der Waals surface area contributed by atoms with E-state index in [2.05, 4.69) is 0 Å². The van der Waals surface area contributed by atoms with Crippen molar-refractivity contribution in [2.24, 2.45) is 5.73 Å². The van der Waals surface area contributed by atoms with E-state index >= 15 is 0 Å². The topological polar surface area (TPSA) is 89.4 Å². The van der Waals surface area contributed by atoms with Gasteiger partial charge < -0.3 is 10.8 Å². The van der Waals surface area contributed by atoms with E-state index in [1.807, 2.05) is 0 Å². The van der Waals surface area contributed by atoms with E-state index < -0.39 is 11.0 Å². The molecule has 1 aromatic carbocycles. The maximum absolute atomic E-state index is 10.5. The fraction of sp³-hybridized carbons (Fsp3) is 0.250. The Balaban J connectivity index is 3.11. The number of nitrogens with zero attached hydrogens (tertiary/aromatic N) is 1. The molecule has 0 bridgehead atoms. The predicted octanol–water partition coefficient (Wildman–Crippen LogP) is 0.587. The van der Waals surface area contributed by atoms with Crippen LogP contribution < -0.4 is 5.73 Å². The molecule has 70 valence electrons. The molecule has 0 saturated heterocycles. The molecule has 0 spiro atoms. The second-order valence-corrected chi connectivity index (χ2v) is 2.60. The molecule has 3 N–H and O–H groups in total. The van der Waals surface area contributed by atoms with E-state index in [9.17, 15) is 10.1 Å². The first-order valence-corrected chi connectivity index (χ1v) is 3.76. The van der Waals surface area contributed by atoms with Gasteiger partial charge in [-0.2, -0.15) is 0 Å². The van der Waals surface area contributed by atoms with Crippen LogP contribution in [-0.2, 0) is 0 Å². The Kier molecular flexibility index (Phi) is 2.94. The number of nitro groups is 1. The molecule has 0 aliphatic rings. The summed E-state index contributed by atoms with van der Waals surface area (Å²) >= 11 is 0. The van der Waals surface area contributed by atoms with Crippen molar-refractivity contribution in [2.45, 2.75) is 6.04 Å². The van der Waals surface area contributed by atoms with Crippen LogP contribution in [0.2, 0.25) is 0 Å². The van der Waals surface area contributed by atoms with Gasteiger partial charge in [0.15, 0.2) is 0 Å². The Labute approximate surface area is 74.9 Å². The van der Waals surface area contributed by atoms with E-state index in [0.29, 0.717) is 5.56 Å². The fourth-order valence-electron chi connectivity index (χ4n) is 1.07. The normalized spacial score (nSPS) is 12.5. The summed E-state index contributed by atoms with van der Waals surface area (Å²) in [6, 6.07) is 5.43. The van der Waals surface area contributed by atoms with Crippen LogP contribution in [0.5, 0.6) is 0 Å². The van der Waals surface area contributed by atoms with Crippen LogP contribution in [0.3, 0.4) is 0 Å². The molecule has 0 amide bonds. The second kappa shape index (κ2) is 3.97. The molecule has 0 saturated carbocycles. The molecule has 0 aliphatic heterocycles. The number of aliphatic hydroxyl groups is 1. The SMILES string of the molecule is NC(CO)c1ccccc1[N+](=O)[O-]. The van der Waals surface area contributed by atoms with E-state index in [1.165, 1.54) is 6.07 Å². The van der Waals surface area contributed by atoms with Crippen LogP contribution >= 0.6 is 0 Å². The van der Waals surface area contributed by atoms with Crippen LogP contribution in [0.15, 0.2) is 24.3 Å². The molecule has 5 nitrogen and oxygen atoms in total. The molecular formula is C8H10N2O3. The zero-order valence-electron chi connectivity index (χ0n) is 6.88. The van der Waals surface area contributed by atoms with Gasteiger partial charge in [-0.3, -0.25) is 10.1 Å².